The zero-order valence-electron chi connectivity index (χ0n) is 15.2. The largest absolute Gasteiger partial charge is 0.324 e. The molecule has 0 saturated carbocycles. The molecule has 2 aromatic carbocycles. The number of nitrogens with one attached hydrogen (secondary N) is 1. The van der Waals surface area contributed by atoms with Gasteiger partial charge in [-0.1, -0.05) is 29.8 Å². The molecular formula is C19H24N2O3S. The second-order valence-electron chi connectivity index (χ2n) is 6.38. The number of amides is 1. The number of benzene rings is 2. The van der Waals surface area contributed by atoms with E-state index in [-0.39, 0.29) is 5.91 Å². The molecule has 134 valence electrons. The standard InChI is InChI=1S/C19H24N2O3S/c1-13-7-10-17(11-8-13)20-19(22)16(4)21(25(5,23)24)18-12-14(2)6-9-15(18)3/h6-12,16H,1-5H3,(H,20,22)/t16-/m1/s1. The molecule has 0 aromatic heterocycles. The lowest BCUT2D eigenvalue weighted by Gasteiger charge is -2.29. The van der Waals surface area contributed by atoms with Gasteiger partial charge in [-0.25, -0.2) is 8.42 Å². The summed E-state index contributed by atoms with van der Waals surface area (Å²) in [5.41, 5.74) is 3.97. The van der Waals surface area contributed by atoms with Crippen LogP contribution in [0.25, 0.3) is 0 Å². The molecule has 0 aliphatic heterocycles. The molecule has 2 aromatic rings. The molecule has 2 rings (SSSR count). The number of anilines is 2. The highest BCUT2D eigenvalue weighted by molar-refractivity contribution is 7.92. The van der Waals surface area contributed by atoms with Gasteiger partial charge in [0.25, 0.3) is 0 Å². The number of carbonyl (C=O) groups is 1. The first-order valence-corrected chi connectivity index (χ1v) is 9.88. The Kier molecular flexibility index (Phi) is 5.52. The number of aryl methyl sites for hydroxylation is 3. The summed E-state index contributed by atoms with van der Waals surface area (Å²) < 4.78 is 25.9. The fourth-order valence-corrected chi connectivity index (χ4v) is 3.85. The average Bonchev–Trinajstić information content (AvgIpc) is 2.51. The van der Waals surface area contributed by atoms with Crippen molar-refractivity contribution < 1.29 is 13.2 Å². The zero-order valence-corrected chi connectivity index (χ0v) is 16.0. The smallest absolute Gasteiger partial charge is 0.247 e. The summed E-state index contributed by atoms with van der Waals surface area (Å²) in [6, 6.07) is 12.0. The lowest BCUT2D eigenvalue weighted by molar-refractivity contribution is -0.116. The quantitative estimate of drug-likeness (QED) is 0.888. The highest BCUT2D eigenvalue weighted by Crippen LogP contribution is 2.26. The van der Waals surface area contributed by atoms with E-state index in [1.54, 1.807) is 25.1 Å². The van der Waals surface area contributed by atoms with Gasteiger partial charge in [-0.05, 0) is 57.0 Å². The van der Waals surface area contributed by atoms with Gasteiger partial charge in [0.15, 0.2) is 0 Å². The van der Waals surface area contributed by atoms with Gasteiger partial charge in [0.1, 0.15) is 6.04 Å². The predicted molar refractivity (Wildman–Crippen MR) is 103 cm³/mol. The van der Waals surface area contributed by atoms with Crippen LogP contribution in [0.2, 0.25) is 0 Å². The van der Waals surface area contributed by atoms with Crippen LogP contribution < -0.4 is 9.62 Å². The number of hydrogen-bond acceptors (Lipinski definition) is 3. The van der Waals surface area contributed by atoms with E-state index >= 15 is 0 Å². The lowest BCUT2D eigenvalue weighted by Crippen LogP contribution is -2.45. The Morgan fingerprint density at radius 2 is 1.56 bits per heavy atom. The SMILES string of the molecule is Cc1ccc(NC(=O)[C@@H](C)N(c2cc(C)ccc2C)S(C)(=O)=O)cc1. The van der Waals surface area contributed by atoms with Crippen LogP contribution >= 0.6 is 0 Å². The summed E-state index contributed by atoms with van der Waals surface area (Å²) in [5, 5.41) is 2.78. The Bertz CT molecular complexity index is 874. The number of rotatable bonds is 5. The number of carbonyl (C=O) groups excluding carboxylic acids is 1. The van der Waals surface area contributed by atoms with E-state index < -0.39 is 16.1 Å². The number of nitrogens with zero attached hydrogens (tertiary/aromatic N) is 1. The van der Waals surface area contributed by atoms with Crippen molar-refractivity contribution in [2.75, 3.05) is 15.9 Å². The third-order valence-electron chi connectivity index (χ3n) is 4.01. The van der Waals surface area contributed by atoms with Crippen LogP contribution in [0.1, 0.15) is 23.6 Å². The van der Waals surface area contributed by atoms with Gasteiger partial charge in [0.05, 0.1) is 11.9 Å². The van der Waals surface area contributed by atoms with Crippen molar-refractivity contribution in [2.45, 2.75) is 33.7 Å². The minimum absolute atomic E-state index is 0.379. The molecule has 1 atom stereocenters. The van der Waals surface area contributed by atoms with Crippen molar-refractivity contribution in [1.82, 2.24) is 0 Å². The van der Waals surface area contributed by atoms with E-state index in [1.807, 2.05) is 45.0 Å². The van der Waals surface area contributed by atoms with Gasteiger partial charge >= 0.3 is 0 Å². The Balaban J connectivity index is 2.36. The molecule has 1 amide bonds. The fourth-order valence-electron chi connectivity index (χ4n) is 2.62. The minimum Gasteiger partial charge on any atom is -0.324 e. The molecule has 0 aliphatic rings. The molecule has 0 spiro atoms. The topological polar surface area (TPSA) is 66.5 Å². The summed E-state index contributed by atoms with van der Waals surface area (Å²) in [6.45, 7) is 7.27. The highest BCUT2D eigenvalue weighted by Gasteiger charge is 2.30. The molecule has 0 unspecified atom stereocenters. The number of sulfonamides is 1. The molecule has 0 bridgehead atoms. The Morgan fingerprint density at radius 1 is 1.00 bits per heavy atom. The normalized spacial score (nSPS) is 12.5. The molecule has 25 heavy (non-hydrogen) atoms. The van der Waals surface area contributed by atoms with E-state index in [2.05, 4.69) is 5.32 Å². The average molecular weight is 360 g/mol. The third kappa shape index (κ3) is 4.60. The van der Waals surface area contributed by atoms with Gasteiger partial charge < -0.3 is 5.32 Å². The Hall–Kier alpha value is -2.34. The molecule has 1 N–H and O–H groups in total. The first-order valence-electron chi connectivity index (χ1n) is 8.04. The van der Waals surface area contributed by atoms with Crippen LogP contribution in [0.3, 0.4) is 0 Å². The van der Waals surface area contributed by atoms with Crippen LogP contribution in [0.5, 0.6) is 0 Å². The first kappa shape index (κ1) is 19.0. The summed E-state index contributed by atoms with van der Waals surface area (Å²) in [6.07, 6.45) is 1.12. The van der Waals surface area contributed by atoms with E-state index in [0.29, 0.717) is 11.4 Å². The summed E-state index contributed by atoms with van der Waals surface area (Å²) >= 11 is 0. The molecule has 6 heteroatoms. The van der Waals surface area contributed by atoms with Gasteiger partial charge in [-0.15, -0.1) is 0 Å². The summed E-state index contributed by atoms with van der Waals surface area (Å²) in [5.74, 6) is -0.379. The fraction of sp³-hybridized carbons (Fsp3) is 0.316. The van der Waals surface area contributed by atoms with Crippen molar-refractivity contribution in [3.8, 4) is 0 Å². The van der Waals surface area contributed by atoms with Crippen molar-refractivity contribution in [3.63, 3.8) is 0 Å². The van der Waals surface area contributed by atoms with Crippen LogP contribution in [0.4, 0.5) is 11.4 Å². The second-order valence-corrected chi connectivity index (χ2v) is 8.24. The van der Waals surface area contributed by atoms with Crippen LogP contribution in [0, 0.1) is 20.8 Å². The van der Waals surface area contributed by atoms with Crippen molar-refractivity contribution in [2.24, 2.45) is 0 Å². The van der Waals surface area contributed by atoms with Gasteiger partial charge in [-0.3, -0.25) is 9.10 Å². The maximum atomic E-state index is 12.6. The van der Waals surface area contributed by atoms with E-state index in [1.165, 1.54) is 4.31 Å². The minimum atomic E-state index is -3.63. The third-order valence-corrected chi connectivity index (χ3v) is 5.24. The van der Waals surface area contributed by atoms with E-state index in [9.17, 15) is 13.2 Å². The highest BCUT2D eigenvalue weighted by atomic mass is 32.2. The van der Waals surface area contributed by atoms with Crippen molar-refractivity contribution in [1.29, 1.82) is 0 Å². The monoisotopic (exact) mass is 360 g/mol. The van der Waals surface area contributed by atoms with Crippen LogP contribution in [-0.2, 0) is 14.8 Å². The van der Waals surface area contributed by atoms with Gasteiger partial charge in [0, 0.05) is 5.69 Å². The molecule has 0 saturated heterocycles. The van der Waals surface area contributed by atoms with Gasteiger partial charge in [0.2, 0.25) is 15.9 Å². The molecule has 0 radical (unpaired) electrons. The van der Waals surface area contributed by atoms with E-state index in [4.69, 9.17) is 0 Å². The predicted octanol–water partition coefficient (Wildman–Crippen LogP) is 3.41. The Morgan fingerprint density at radius 3 is 2.12 bits per heavy atom. The zero-order chi connectivity index (χ0) is 18.8. The van der Waals surface area contributed by atoms with Crippen molar-refractivity contribution >= 4 is 27.3 Å². The number of hydrogen-bond donors (Lipinski definition) is 1. The molecule has 5 nitrogen and oxygen atoms in total. The lowest BCUT2D eigenvalue weighted by atomic mass is 10.1. The van der Waals surface area contributed by atoms with Gasteiger partial charge in [-0.2, -0.15) is 0 Å². The Labute approximate surface area is 149 Å². The maximum absolute atomic E-state index is 12.6. The molecule has 0 fully saturated rings. The molecule has 0 aliphatic carbocycles. The summed E-state index contributed by atoms with van der Waals surface area (Å²) in [7, 11) is -3.63. The van der Waals surface area contributed by atoms with Crippen LogP contribution in [-0.4, -0.2) is 26.6 Å². The maximum Gasteiger partial charge on any atom is 0.247 e. The van der Waals surface area contributed by atoms with Crippen LogP contribution in [0.15, 0.2) is 42.5 Å². The molecular weight excluding hydrogens is 336 g/mol. The molecule has 0 heterocycles. The second kappa shape index (κ2) is 7.27. The van der Waals surface area contributed by atoms with E-state index in [0.717, 1.165) is 22.9 Å². The summed E-state index contributed by atoms with van der Waals surface area (Å²) in [4.78, 5) is 12.6. The first-order chi connectivity index (χ1) is 11.6. The van der Waals surface area contributed by atoms with Crippen molar-refractivity contribution in [3.05, 3.63) is 59.2 Å².